The minimum Gasteiger partial charge on any atom is -0.480 e. The van der Waals surface area contributed by atoms with Crippen LogP contribution in [-0.4, -0.2) is 59.5 Å². The summed E-state index contributed by atoms with van der Waals surface area (Å²) in [5, 5.41) is 11.0. The fourth-order valence-electron chi connectivity index (χ4n) is 2.62. The third kappa shape index (κ3) is 3.75. The summed E-state index contributed by atoms with van der Waals surface area (Å²) < 4.78 is 42.5. The van der Waals surface area contributed by atoms with Crippen LogP contribution in [0.1, 0.15) is 19.3 Å². The molecule has 0 spiro atoms. The molecule has 0 aromatic heterocycles. The van der Waals surface area contributed by atoms with Gasteiger partial charge in [0.2, 0.25) is 0 Å². The molecule has 6 nitrogen and oxygen atoms in total. The number of carboxylic acid groups (broad SMARTS) is 1. The number of hydrogen-bond acceptors (Lipinski definition) is 3. The third-order valence-electron chi connectivity index (χ3n) is 3.40. The van der Waals surface area contributed by atoms with E-state index in [9.17, 15) is 22.8 Å². The number of ether oxygens (including phenoxy) is 1. The van der Waals surface area contributed by atoms with Gasteiger partial charge in [-0.25, -0.2) is 4.79 Å². The van der Waals surface area contributed by atoms with Crippen LogP contribution in [0.25, 0.3) is 0 Å². The Kier molecular flexibility index (Phi) is 4.07. The average Bonchev–Trinajstić information content (AvgIpc) is 2.87. The Bertz CT molecular complexity index is 402. The molecule has 20 heavy (non-hydrogen) atoms. The summed E-state index contributed by atoms with van der Waals surface area (Å²) in [6.07, 6.45) is -2.57. The van der Waals surface area contributed by atoms with Crippen LogP contribution in [-0.2, 0) is 9.53 Å². The van der Waals surface area contributed by atoms with Crippen molar-refractivity contribution in [1.29, 1.82) is 0 Å². The molecular weight excluding hydrogens is 281 g/mol. The number of rotatable bonds is 4. The van der Waals surface area contributed by atoms with Gasteiger partial charge in [-0.3, -0.25) is 4.79 Å². The second-order valence-corrected chi connectivity index (χ2v) is 5.03. The number of aliphatic carboxylic acids is 1. The summed E-state index contributed by atoms with van der Waals surface area (Å²) in [5.41, 5.74) is 0. The number of hydrogen-bond donors (Lipinski definition) is 2. The van der Waals surface area contributed by atoms with E-state index in [1.165, 1.54) is 0 Å². The maximum absolute atomic E-state index is 12.3. The monoisotopic (exact) mass is 296 g/mol. The number of carbonyl (C=O) groups excluding carboxylic acids is 1. The van der Waals surface area contributed by atoms with Crippen LogP contribution in [0, 0.1) is 0 Å². The van der Waals surface area contributed by atoms with Gasteiger partial charge in [0, 0.05) is 0 Å². The Hall–Kier alpha value is -1.51. The van der Waals surface area contributed by atoms with E-state index in [4.69, 9.17) is 9.84 Å². The number of urea groups is 1. The Labute approximate surface area is 112 Å². The highest BCUT2D eigenvalue weighted by Gasteiger charge is 2.42. The molecule has 2 N–H and O–H groups in total. The van der Waals surface area contributed by atoms with Crippen LogP contribution in [0.2, 0.25) is 0 Å². The topological polar surface area (TPSA) is 78.9 Å². The van der Waals surface area contributed by atoms with E-state index >= 15 is 0 Å². The molecule has 9 heteroatoms. The number of fused-ring (bicyclic) bond motifs is 2. The molecule has 2 fully saturated rings. The highest BCUT2D eigenvalue weighted by molar-refractivity contribution is 5.80. The van der Waals surface area contributed by atoms with Gasteiger partial charge in [-0.05, 0) is 19.3 Å². The average molecular weight is 296 g/mol. The van der Waals surface area contributed by atoms with Gasteiger partial charge in [-0.1, -0.05) is 0 Å². The zero-order valence-electron chi connectivity index (χ0n) is 10.5. The molecule has 2 heterocycles. The van der Waals surface area contributed by atoms with Gasteiger partial charge >= 0.3 is 18.2 Å². The molecule has 3 unspecified atom stereocenters. The Morgan fingerprint density at radius 3 is 2.50 bits per heavy atom. The second kappa shape index (κ2) is 5.47. The molecule has 0 aliphatic carbocycles. The van der Waals surface area contributed by atoms with Gasteiger partial charge in [0.05, 0.1) is 18.2 Å². The lowest BCUT2D eigenvalue weighted by atomic mass is 9.96. The lowest BCUT2D eigenvalue weighted by Gasteiger charge is -2.26. The van der Waals surface area contributed by atoms with Crippen LogP contribution >= 0.6 is 0 Å². The van der Waals surface area contributed by atoms with Crippen molar-refractivity contribution in [3.8, 4) is 0 Å². The molecular formula is C11H15F3N2O4. The zero-order chi connectivity index (χ0) is 14.9. The first-order chi connectivity index (χ1) is 9.24. The predicted molar refractivity (Wildman–Crippen MR) is 60.1 cm³/mol. The van der Waals surface area contributed by atoms with Gasteiger partial charge in [-0.15, -0.1) is 0 Å². The van der Waals surface area contributed by atoms with Gasteiger partial charge < -0.3 is 20.1 Å². The molecule has 2 amide bonds. The Morgan fingerprint density at radius 1 is 1.35 bits per heavy atom. The van der Waals surface area contributed by atoms with Crippen LogP contribution in [0.3, 0.4) is 0 Å². The fourth-order valence-corrected chi connectivity index (χ4v) is 2.62. The van der Waals surface area contributed by atoms with Crippen molar-refractivity contribution in [1.82, 2.24) is 10.2 Å². The van der Waals surface area contributed by atoms with Crippen molar-refractivity contribution in [2.24, 2.45) is 0 Å². The molecule has 3 atom stereocenters. The van der Waals surface area contributed by atoms with E-state index in [0.717, 1.165) is 12.8 Å². The maximum atomic E-state index is 12.3. The zero-order valence-corrected chi connectivity index (χ0v) is 10.5. The minimum absolute atomic E-state index is 0.0424. The van der Waals surface area contributed by atoms with Crippen LogP contribution in [0.4, 0.5) is 18.0 Å². The SMILES string of the molecule is O=C(O)CN(CC(F)(F)F)C(=O)NC1CC2CCC1O2. The summed E-state index contributed by atoms with van der Waals surface area (Å²) in [6, 6.07) is -1.36. The normalized spacial score (nSPS) is 28.4. The van der Waals surface area contributed by atoms with Crippen LogP contribution < -0.4 is 5.32 Å². The van der Waals surface area contributed by atoms with E-state index < -0.39 is 31.3 Å². The smallest absolute Gasteiger partial charge is 0.406 e. The van der Waals surface area contributed by atoms with Crippen molar-refractivity contribution in [2.45, 2.75) is 43.7 Å². The summed E-state index contributed by atoms with van der Waals surface area (Å²) in [7, 11) is 0. The van der Waals surface area contributed by atoms with E-state index in [1.54, 1.807) is 0 Å². The Balaban J connectivity index is 1.93. The number of nitrogens with zero attached hydrogens (tertiary/aromatic N) is 1. The summed E-state index contributed by atoms with van der Waals surface area (Å²) in [6.45, 7) is -2.58. The van der Waals surface area contributed by atoms with E-state index in [-0.39, 0.29) is 23.1 Å². The molecule has 0 aromatic carbocycles. The second-order valence-electron chi connectivity index (χ2n) is 5.03. The Morgan fingerprint density at radius 2 is 2.05 bits per heavy atom. The maximum Gasteiger partial charge on any atom is 0.406 e. The van der Waals surface area contributed by atoms with Crippen molar-refractivity contribution >= 4 is 12.0 Å². The largest absolute Gasteiger partial charge is 0.480 e. The summed E-state index contributed by atoms with van der Waals surface area (Å²) >= 11 is 0. The first kappa shape index (κ1) is 14.9. The third-order valence-corrected chi connectivity index (χ3v) is 3.40. The molecule has 0 radical (unpaired) electrons. The van der Waals surface area contributed by atoms with Gasteiger partial charge in [0.25, 0.3) is 0 Å². The van der Waals surface area contributed by atoms with Crippen LogP contribution in [0.5, 0.6) is 0 Å². The first-order valence-electron chi connectivity index (χ1n) is 6.24. The quantitative estimate of drug-likeness (QED) is 0.810. The summed E-state index contributed by atoms with van der Waals surface area (Å²) in [5.74, 6) is -1.49. The minimum atomic E-state index is -4.64. The molecule has 0 aromatic rings. The van der Waals surface area contributed by atoms with Crippen molar-refractivity contribution in [3.63, 3.8) is 0 Å². The number of alkyl halides is 3. The van der Waals surface area contributed by atoms with Gasteiger partial charge in [0.1, 0.15) is 13.1 Å². The number of halogens is 3. The lowest BCUT2D eigenvalue weighted by molar-refractivity contribution is -0.149. The molecule has 2 aliphatic rings. The molecule has 114 valence electrons. The summed E-state index contributed by atoms with van der Waals surface area (Å²) in [4.78, 5) is 22.6. The van der Waals surface area contributed by atoms with E-state index in [2.05, 4.69) is 5.32 Å². The van der Waals surface area contributed by atoms with Crippen LogP contribution in [0.15, 0.2) is 0 Å². The number of amides is 2. The van der Waals surface area contributed by atoms with Crippen molar-refractivity contribution in [3.05, 3.63) is 0 Å². The van der Waals surface area contributed by atoms with Gasteiger partial charge in [0.15, 0.2) is 0 Å². The standard InChI is InChI=1S/C11H15F3N2O4/c12-11(13,14)5-16(4-9(17)18)10(19)15-7-3-6-1-2-8(7)20-6/h6-8H,1-5H2,(H,15,19)(H,17,18). The first-order valence-corrected chi connectivity index (χ1v) is 6.24. The van der Waals surface area contributed by atoms with Crippen molar-refractivity contribution in [2.75, 3.05) is 13.1 Å². The molecule has 2 saturated heterocycles. The molecule has 2 rings (SSSR count). The number of carboxylic acids is 1. The number of nitrogens with one attached hydrogen (secondary N) is 1. The molecule has 2 aliphatic heterocycles. The van der Waals surface area contributed by atoms with Gasteiger partial charge in [-0.2, -0.15) is 13.2 Å². The highest BCUT2D eigenvalue weighted by Crippen LogP contribution is 2.34. The highest BCUT2D eigenvalue weighted by atomic mass is 19.4. The van der Waals surface area contributed by atoms with E-state index in [0.29, 0.717) is 6.42 Å². The number of carbonyl (C=O) groups is 2. The molecule has 0 saturated carbocycles. The lowest BCUT2D eigenvalue weighted by Crippen LogP contribution is -2.51. The molecule has 2 bridgehead atoms. The predicted octanol–water partition coefficient (Wildman–Crippen LogP) is 0.965. The fraction of sp³-hybridized carbons (Fsp3) is 0.818. The van der Waals surface area contributed by atoms with E-state index in [1.807, 2.05) is 0 Å². The van der Waals surface area contributed by atoms with Crippen molar-refractivity contribution < 1.29 is 32.6 Å².